The predicted octanol–water partition coefficient (Wildman–Crippen LogP) is 2.14. The predicted molar refractivity (Wildman–Crippen MR) is 65.0 cm³/mol. The van der Waals surface area contributed by atoms with E-state index >= 15 is 0 Å². The summed E-state index contributed by atoms with van der Waals surface area (Å²) in [6.07, 6.45) is 4.98. The van der Waals surface area contributed by atoms with Gasteiger partial charge in [-0.1, -0.05) is 0 Å². The number of thiophene rings is 1. The molecule has 0 amide bonds. The van der Waals surface area contributed by atoms with Gasteiger partial charge in [0, 0.05) is 22.2 Å². The number of nitrogens with two attached hydrogens (primary N) is 1. The Morgan fingerprint density at radius 3 is 2.88 bits per heavy atom. The molecular formula is C12H17NO2S. The number of carboxylic acid groups (broad SMARTS) is 1. The van der Waals surface area contributed by atoms with Gasteiger partial charge in [0.25, 0.3) is 0 Å². The average Bonchev–Trinajstić information content (AvgIpc) is 2.68. The van der Waals surface area contributed by atoms with Crippen molar-refractivity contribution in [1.29, 1.82) is 0 Å². The SMILES string of the molecule is NCC(CC(=O)O)c1cc2c(s1)CCCC2. The van der Waals surface area contributed by atoms with E-state index in [1.807, 2.05) is 0 Å². The van der Waals surface area contributed by atoms with Gasteiger partial charge >= 0.3 is 5.97 Å². The standard InChI is InChI=1S/C12H17NO2S/c13-7-9(6-12(14)15)11-5-8-3-1-2-4-10(8)16-11/h5,9H,1-4,6-7,13H2,(H,14,15). The molecular weight excluding hydrogens is 222 g/mol. The second-order valence-corrected chi connectivity index (χ2v) is 5.50. The molecule has 0 aliphatic heterocycles. The molecule has 0 radical (unpaired) electrons. The van der Waals surface area contributed by atoms with E-state index in [0.29, 0.717) is 6.54 Å². The second kappa shape index (κ2) is 4.97. The number of hydrogen-bond acceptors (Lipinski definition) is 3. The topological polar surface area (TPSA) is 63.3 Å². The molecule has 0 spiro atoms. The maximum Gasteiger partial charge on any atom is 0.304 e. The van der Waals surface area contributed by atoms with Crippen molar-refractivity contribution in [2.75, 3.05) is 6.54 Å². The molecule has 1 aliphatic rings. The van der Waals surface area contributed by atoms with Crippen molar-refractivity contribution in [1.82, 2.24) is 0 Å². The lowest BCUT2D eigenvalue weighted by molar-refractivity contribution is -0.137. The first kappa shape index (κ1) is 11.6. The van der Waals surface area contributed by atoms with E-state index in [0.717, 1.165) is 17.7 Å². The van der Waals surface area contributed by atoms with Crippen LogP contribution in [0.1, 0.15) is 40.5 Å². The summed E-state index contributed by atoms with van der Waals surface area (Å²) in [5.74, 6) is -0.769. The zero-order chi connectivity index (χ0) is 11.5. The number of fused-ring (bicyclic) bond motifs is 1. The Labute approximate surface area is 99.3 Å². The molecule has 3 N–H and O–H groups in total. The van der Waals surface area contributed by atoms with Gasteiger partial charge in [-0.15, -0.1) is 11.3 Å². The van der Waals surface area contributed by atoms with Crippen molar-refractivity contribution in [2.45, 2.75) is 38.0 Å². The Hall–Kier alpha value is -0.870. The zero-order valence-electron chi connectivity index (χ0n) is 9.24. The molecule has 0 bridgehead atoms. The van der Waals surface area contributed by atoms with Crippen LogP contribution < -0.4 is 5.73 Å². The Bertz CT molecular complexity index is 363. The Kier molecular flexibility index (Phi) is 3.61. The van der Waals surface area contributed by atoms with Crippen LogP contribution in [0.25, 0.3) is 0 Å². The number of aliphatic carboxylic acids is 1. The molecule has 1 aromatic heterocycles. The molecule has 1 aromatic rings. The van der Waals surface area contributed by atoms with E-state index in [1.54, 1.807) is 11.3 Å². The van der Waals surface area contributed by atoms with Crippen LogP contribution in [0.15, 0.2) is 6.07 Å². The van der Waals surface area contributed by atoms with E-state index < -0.39 is 5.97 Å². The zero-order valence-corrected chi connectivity index (χ0v) is 10.1. The fourth-order valence-electron chi connectivity index (χ4n) is 2.23. The Morgan fingerprint density at radius 2 is 2.25 bits per heavy atom. The summed E-state index contributed by atoms with van der Waals surface area (Å²) in [6, 6.07) is 2.18. The molecule has 1 unspecified atom stereocenters. The molecule has 0 saturated heterocycles. The van der Waals surface area contributed by atoms with Gasteiger partial charge in [0.05, 0.1) is 6.42 Å². The lowest BCUT2D eigenvalue weighted by atomic mass is 9.97. The van der Waals surface area contributed by atoms with Gasteiger partial charge in [0.1, 0.15) is 0 Å². The molecule has 88 valence electrons. The van der Waals surface area contributed by atoms with Gasteiger partial charge < -0.3 is 10.8 Å². The van der Waals surface area contributed by atoms with Gasteiger partial charge in [0.15, 0.2) is 0 Å². The smallest absolute Gasteiger partial charge is 0.304 e. The third-order valence-electron chi connectivity index (χ3n) is 3.12. The minimum absolute atomic E-state index is 0.00639. The summed E-state index contributed by atoms with van der Waals surface area (Å²) < 4.78 is 0. The highest BCUT2D eigenvalue weighted by Gasteiger charge is 2.20. The molecule has 1 heterocycles. The molecule has 16 heavy (non-hydrogen) atoms. The average molecular weight is 239 g/mol. The fraction of sp³-hybridized carbons (Fsp3) is 0.583. The maximum absolute atomic E-state index is 10.7. The summed E-state index contributed by atoms with van der Waals surface area (Å²) >= 11 is 1.77. The molecule has 0 aromatic carbocycles. The maximum atomic E-state index is 10.7. The summed E-state index contributed by atoms with van der Waals surface area (Å²) in [5.41, 5.74) is 7.08. The van der Waals surface area contributed by atoms with E-state index in [4.69, 9.17) is 10.8 Å². The van der Waals surface area contributed by atoms with E-state index in [1.165, 1.54) is 23.3 Å². The molecule has 0 saturated carbocycles. The fourth-order valence-corrected chi connectivity index (χ4v) is 3.60. The first-order chi connectivity index (χ1) is 7.70. The highest BCUT2D eigenvalue weighted by molar-refractivity contribution is 7.12. The Morgan fingerprint density at radius 1 is 1.50 bits per heavy atom. The van der Waals surface area contributed by atoms with Crippen LogP contribution in [0.4, 0.5) is 0 Å². The monoisotopic (exact) mass is 239 g/mol. The van der Waals surface area contributed by atoms with Gasteiger partial charge in [-0.3, -0.25) is 4.79 Å². The normalized spacial score (nSPS) is 16.8. The van der Waals surface area contributed by atoms with Crippen molar-refractivity contribution in [3.05, 3.63) is 21.4 Å². The van der Waals surface area contributed by atoms with Crippen molar-refractivity contribution in [2.24, 2.45) is 5.73 Å². The van der Waals surface area contributed by atoms with E-state index in [9.17, 15) is 4.79 Å². The minimum Gasteiger partial charge on any atom is -0.481 e. The lowest BCUT2D eigenvalue weighted by Gasteiger charge is -2.09. The number of rotatable bonds is 4. The summed E-state index contributed by atoms with van der Waals surface area (Å²) in [5, 5.41) is 8.83. The highest BCUT2D eigenvalue weighted by Crippen LogP contribution is 2.34. The van der Waals surface area contributed by atoms with Crippen LogP contribution in [0, 0.1) is 0 Å². The van der Waals surface area contributed by atoms with Crippen LogP contribution in [0.3, 0.4) is 0 Å². The van der Waals surface area contributed by atoms with Crippen molar-refractivity contribution in [3.63, 3.8) is 0 Å². The van der Waals surface area contributed by atoms with E-state index in [-0.39, 0.29) is 12.3 Å². The van der Waals surface area contributed by atoms with Gasteiger partial charge in [-0.2, -0.15) is 0 Å². The molecule has 2 rings (SSSR count). The largest absolute Gasteiger partial charge is 0.481 e. The van der Waals surface area contributed by atoms with Crippen LogP contribution in [0.5, 0.6) is 0 Å². The summed E-state index contributed by atoms with van der Waals surface area (Å²) in [7, 11) is 0. The minimum atomic E-state index is -0.762. The lowest BCUT2D eigenvalue weighted by Crippen LogP contribution is -2.15. The second-order valence-electron chi connectivity index (χ2n) is 4.33. The molecule has 1 aliphatic carbocycles. The van der Waals surface area contributed by atoms with Crippen LogP contribution >= 0.6 is 11.3 Å². The van der Waals surface area contributed by atoms with Crippen LogP contribution in [-0.2, 0) is 17.6 Å². The van der Waals surface area contributed by atoms with Gasteiger partial charge in [-0.05, 0) is 37.3 Å². The molecule has 0 fully saturated rings. The van der Waals surface area contributed by atoms with Crippen LogP contribution in [0.2, 0.25) is 0 Å². The van der Waals surface area contributed by atoms with Gasteiger partial charge in [-0.25, -0.2) is 0 Å². The van der Waals surface area contributed by atoms with Crippen molar-refractivity contribution < 1.29 is 9.90 Å². The number of hydrogen-bond donors (Lipinski definition) is 2. The summed E-state index contributed by atoms with van der Waals surface area (Å²) in [6.45, 7) is 0.422. The Balaban J connectivity index is 2.18. The molecule has 3 nitrogen and oxygen atoms in total. The first-order valence-corrected chi connectivity index (χ1v) is 6.55. The quantitative estimate of drug-likeness (QED) is 0.846. The highest BCUT2D eigenvalue weighted by atomic mass is 32.1. The number of carbonyl (C=O) groups is 1. The van der Waals surface area contributed by atoms with Crippen molar-refractivity contribution >= 4 is 17.3 Å². The summed E-state index contributed by atoms with van der Waals surface area (Å²) in [4.78, 5) is 13.3. The third-order valence-corrected chi connectivity index (χ3v) is 4.52. The molecule has 1 atom stereocenters. The number of aryl methyl sites for hydroxylation is 2. The third kappa shape index (κ3) is 2.44. The number of carboxylic acids is 1. The first-order valence-electron chi connectivity index (χ1n) is 5.74. The van der Waals surface area contributed by atoms with E-state index in [2.05, 4.69) is 6.07 Å². The van der Waals surface area contributed by atoms with Gasteiger partial charge in [0.2, 0.25) is 0 Å². The van der Waals surface area contributed by atoms with Crippen molar-refractivity contribution in [3.8, 4) is 0 Å². The molecule has 4 heteroatoms. The van der Waals surface area contributed by atoms with Crippen LogP contribution in [-0.4, -0.2) is 17.6 Å².